The number of hydrogen-bond acceptors (Lipinski definition) is 3. The van der Waals surface area contributed by atoms with Crippen LogP contribution in [0.25, 0.3) is 5.69 Å². The second-order valence-electron chi connectivity index (χ2n) is 8.83. The van der Waals surface area contributed by atoms with Crippen LogP contribution in [-0.4, -0.2) is 16.7 Å². The fraction of sp³-hybridized carbons (Fsp3) is 0.200. The molecule has 35 heavy (non-hydrogen) atoms. The first-order chi connectivity index (χ1) is 16.9. The number of hydrazone groups is 1. The largest absolute Gasteiger partial charge is 0.318 e. The number of amides is 1. The van der Waals surface area contributed by atoms with Crippen molar-refractivity contribution in [2.75, 3.05) is 0 Å². The van der Waals surface area contributed by atoms with Gasteiger partial charge in [-0.3, -0.25) is 4.79 Å². The van der Waals surface area contributed by atoms with Gasteiger partial charge in [0.1, 0.15) is 0 Å². The molecule has 0 aliphatic heterocycles. The summed E-state index contributed by atoms with van der Waals surface area (Å²) in [7, 11) is 0. The molecule has 0 saturated carbocycles. The number of nitrogens with zero attached hydrogens (tertiary/aromatic N) is 2. The predicted octanol–water partition coefficient (Wildman–Crippen LogP) is 6.91. The van der Waals surface area contributed by atoms with Gasteiger partial charge >= 0.3 is 0 Å². The number of aromatic nitrogens is 1. The van der Waals surface area contributed by atoms with Crippen LogP contribution in [0.5, 0.6) is 0 Å². The van der Waals surface area contributed by atoms with Crippen molar-refractivity contribution in [3.05, 3.63) is 124 Å². The third-order valence-electron chi connectivity index (χ3n) is 6.03. The van der Waals surface area contributed by atoms with Crippen LogP contribution in [0.3, 0.4) is 0 Å². The van der Waals surface area contributed by atoms with Gasteiger partial charge in [-0.25, -0.2) is 5.43 Å². The van der Waals surface area contributed by atoms with Gasteiger partial charge in [0.15, 0.2) is 0 Å². The second kappa shape index (κ2) is 11.2. The number of hydrogen-bond donors (Lipinski definition) is 1. The highest BCUT2D eigenvalue weighted by molar-refractivity contribution is 7.97. The van der Waals surface area contributed by atoms with Crippen molar-refractivity contribution in [3.63, 3.8) is 0 Å². The summed E-state index contributed by atoms with van der Waals surface area (Å²) in [6, 6.07) is 26.7. The van der Waals surface area contributed by atoms with Crippen molar-refractivity contribution >= 4 is 23.9 Å². The molecule has 1 N–H and O–H groups in total. The number of rotatable bonds is 8. The molecule has 0 spiro atoms. The van der Waals surface area contributed by atoms with Crippen LogP contribution in [0.4, 0.5) is 0 Å². The van der Waals surface area contributed by atoms with E-state index in [4.69, 9.17) is 0 Å². The van der Waals surface area contributed by atoms with Gasteiger partial charge in [0.05, 0.1) is 6.21 Å². The SMILES string of the molecule is Cc1ccc(-n2c(C)cc(C=NNC(=O)c3ccc(CSCc4ccccc4)cc3)c2C)c(C)c1. The Morgan fingerprint density at radius 1 is 0.886 bits per heavy atom. The minimum Gasteiger partial charge on any atom is -0.318 e. The van der Waals surface area contributed by atoms with Crippen molar-refractivity contribution in [3.8, 4) is 5.69 Å². The number of thioether (sulfide) groups is 1. The first-order valence-electron chi connectivity index (χ1n) is 11.7. The van der Waals surface area contributed by atoms with E-state index in [1.54, 1.807) is 6.21 Å². The molecule has 0 fully saturated rings. The summed E-state index contributed by atoms with van der Waals surface area (Å²) in [5.74, 6) is 1.67. The average Bonchev–Trinajstić information content (AvgIpc) is 3.13. The highest BCUT2D eigenvalue weighted by atomic mass is 32.2. The molecule has 0 unspecified atom stereocenters. The monoisotopic (exact) mass is 481 g/mol. The summed E-state index contributed by atoms with van der Waals surface area (Å²) in [6.07, 6.45) is 1.72. The third kappa shape index (κ3) is 6.11. The van der Waals surface area contributed by atoms with E-state index in [-0.39, 0.29) is 5.91 Å². The van der Waals surface area contributed by atoms with E-state index in [2.05, 4.69) is 91.3 Å². The molecule has 5 heteroatoms. The minimum absolute atomic E-state index is 0.215. The number of benzene rings is 3. The smallest absolute Gasteiger partial charge is 0.271 e. The van der Waals surface area contributed by atoms with Crippen LogP contribution in [0.15, 0.2) is 84.0 Å². The molecule has 0 aliphatic carbocycles. The van der Waals surface area contributed by atoms with Gasteiger partial charge in [-0.05, 0) is 68.7 Å². The van der Waals surface area contributed by atoms with Crippen molar-refractivity contribution in [2.45, 2.75) is 39.2 Å². The fourth-order valence-electron chi connectivity index (χ4n) is 4.18. The molecular formula is C30H31N3OS. The summed E-state index contributed by atoms with van der Waals surface area (Å²) in [5.41, 5.74) is 12.6. The number of carbonyl (C=O) groups is 1. The van der Waals surface area contributed by atoms with E-state index in [9.17, 15) is 4.79 Å². The first-order valence-corrected chi connectivity index (χ1v) is 12.9. The molecular weight excluding hydrogens is 450 g/mol. The predicted molar refractivity (Wildman–Crippen MR) is 148 cm³/mol. The Labute approximate surface area is 212 Å². The highest BCUT2D eigenvalue weighted by Gasteiger charge is 2.12. The van der Waals surface area contributed by atoms with Crippen LogP contribution in [-0.2, 0) is 11.5 Å². The second-order valence-corrected chi connectivity index (χ2v) is 9.81. The number of carbonyl (C=O) groups excluding carboxylic acids is 1. The minimum atomic E-state index is -0.215. The van der Waals surface area contributed by atoms with Crippen LogP contribution in [0.2, 0.25) is 0 Å². The molecule has 0 saturated heterocycles. The molecule has 178 valence electrons. The van der Waals surface area contributed by atoms with Gasteiger partial charge in [-0.15, -0.1) is 0 Å². The van der Waals surface area contributed by atoms with E-state index in [1.807, 2.05) is 42.1 Å². The van der Waals surface area contributed by atoms with Crippen molar-refractivity contribution in [1.29, 1.82) is 0 Å². The molecule has 4 rings (SSSR count). The Bertz CT molecular complexity index is 1340. The maximum Gasteiger partial charge on any atom is 0.271 e. The lowest BCUT2D eigenvalue weighted by atomic mass is 10.1. The van der Waals surface area contributed by atoms with Gasteiger partial charge < -0.3 is 4.57 Å². The average molecular weight is 482 g/mol. The van der Waals surface area contributed by atoms with E-state index >= 15 is 0 Å². The molecule has 1 heterocycles. The maximum atomic E-state index is 12.6. The third-order valence-corrected chi connectivity index (χ3v) is 7.10. The number of nitrogens with one attached hydrogen (secondary N) is 1. The Hall–Kier alpha value is -3.57. The molecule has 1 aromatic heterocycles. The lowest BCUT2D eigenvalue weighted by molar-refractivity contribution is 0.0955. The standard InChI is InChI=1S/C30H31N3OS/c1-21-10-15-29(22(2)16-21)33-23(3)17-28(24(33)4)18-31-32-30(34)27-13-11-26(12-14-27)20-35-19-25-8-6-5-7-9-25/h5-18H,19-20H2,1-4H3,(H,32,34). The van der Waals surface area contributed by atoms with Crippen molar-refractivity contribution in [1.82, 2.24) is 9.99 Å². The van der Waals surface area contributed by atoms with Gasteiger partial charge in [0.2, 0.25) is 0 Å². The lowest BCUT2D eigenvalue weighted by Gasteiger charge is -2.13. The van der Waals surface area contributed by atoms with E-state index in [1.165, 1.54) is 22.3 Å². The van der Waals surface area contributed by atoms with E-state index in [0.717, 1.165) is 34.1 Å². The normalized spacial score (nSPS) is 11.2. The summed E-state index contributed by atoms with van der Waals surface area (Å²) >= 11 is 1.86. The summed E-state index contributed by atoms with van der Waals surface area (Å²) < 4.78 is 2.23. The topological polar surface area (TPSA) is 46.4 Å². The van der Waals surface area contributed by atoms with Gasteiger partial charge in [0, 0.05) is 39.7 Å². The number of aryl methyl sites for hydroxylation is 3. The van der Waals surface area contributed by atoms with Gasteiger partial charge in [-0.1, -0.05) is 60.2 Å². The Kier molecular flexibility index (Phi) is 7.88. The molecule has 1 amide bonds. The molecule has 4 aromatic rings. The Morgan fingerprint density at radius 3 is 2.26 bits per heavy atom. The molecule has 0 bridgehead atoms. The fourth-order valence-corrected chi connectivity index (χ4v) is 5.14. The van der Waals surface area contributed by atoms with Crippen LogP contribution >= 0.6 is 11.8 Å². The zero-order valence-electron chi connectivity index (χ0n) is 20.7. The Balaban J connectivity index is 1.35. The summed E-state index contributed by atoms with van der Waals surface area (Å²) in [6.45, 7) is 8.39. The zero-order chi connectivity index (χ0) is 24.8. The summed E-state index contributed by atoms with van der Waals surface area (Å²) in [5, 5.41) is 4.23. The molecule has 4 nitrogen and oxygen atoms in total. The quantitative estimate of drug-likeness (QED) is 0.220. The first kappa shape index (κ1) is 24.6. The zero-order valence-corrected chi connectivity index (χ0v) is 21.5. The van der Waals surface area contributed by atoms with Crippen molar-refractivity contribution in [2.24, 2.45) is 5.10 Å². The van der Waals surface area contributed by atoms with Crippen LogP contribution in [0.1, 0.15) is 49.6 Å². The Morgan fingerprint density at radius 2 is 1.57 bits per heavy atom. The molecule has 0 aliphatic rings. The summed E-state index contributed by atoms with van der Waals surface area (Å²) in [4.78, 5) is 12.6. The van der Waals surface area contributed by atoms with Crippen LogP contribution in [0, 0.1) is 27.7 Å². The van der Waals surface area contributed by atoms with Gasteiger partial charge in [0.25, 0.3) is 5.91 Å². The van der Waals surface area contributed by atoms with E-state index in [0.29, 0.717) is 5.56 Å². The molecule has 3 aromatic carbocycles. The highest BCUT2D eigenvalue weighted by Crippen LogP contribution is 2.23. The molecule has 0 atom stereocenters. The van der Waals surface area contributed by atoms with Crippen molar-refractivity contribution < 1.29 is 4.79 Å². The molecule has 0 radical (unpaired) electrons. The van der Waals surface area contributed by atoms with E-state index < -0.39 is 0 Å². The lowest BCUT2D eigenvalue weighted by Crippen LogP contribution is -2.17. The van der Waals surface area contributed by atoms with Crippen LogP contribution < -0.4 is 5.43 Å². The van der Waals surface area contributed by atoms with Gasteiger partial charge in [-0.2, -0.15) is 16.9 Å². The maximum absolute atomic E-state index is 12.6.